The van der Waals surface area contributed by atoms with Crippen LogP contribution in [0.4, 0.5) is 5.69 Å². The van der Waals surface area contributed by atoms with Gasteiger partial charge in [-0.25, -0.2) is 0 Å². The summed E-state index contributed by atoms with van der Waals surface area (Å²) < 4.78 is 5.67. The lowest BCUT2D eigenvalue weighted by molar-refractivity contribution is 0.0947. The summed E-state index contributed by atoms with van der Waals surface area (Å²) in [5.74, 6) is 0.780. The molecule has 0 atom stereocenters. The molecule has 1 saturated heterocycles. The molecule has 2 aromatic rings. The number of anilines is 1. The van der Waals surface area contributed by atoms with Crippen LogP contribution in [0.15, 0.2) is 48.5 Å². The summed E-state index contributed by atoms with van der Waals surface area (Å²) in [4.78, 5) is 14.6. The van der Waals surface area contributed by atoms with Gasteiger partial charge in [-0.05, 0) is 67.6 Å². The number of piperidine rings is 1. The number of benzene rings is 2. The highest BCUT2D eigenvalue weighted by molar-refractivity contribution is 5.94. The number of aryl methyl sites for hydroxylation is 1. The van der Waals surface area contributed by atoms with Gasteiger partial charge in [-0.1, -0.05) is 19.1 Å². The molecule has 0 aliphatic carbocycles. The Bertz CT molecular complexity index is 689. The average Bonchev–Trinajstić information content (AvgIpc) is 2.72. The monoisotopic (exact) mass is 352 g/mol. The molecule has 0 unspecified atom stereocenters. The maximum atomic E-state index is 12.2. The molecule has 0 aromatic heterocycles. The second kappa shape index (κ2) is 9.27. The molecule has 138 valence electrons. The Morgan fingerprint density at radius 2 is 1.69 bits per heavy atom. The minimum Gasteiger partial charge on any atom is -0.492 e. The quantitative estimate of drug-likeness (QED) is 0.765. The van der Waals surface area contributed by atoms with Crippen LogP contribution in [0.2, 0.25) is 0 Å². The van der Waals surface area contributed by atoms with E-state index in [9.17, 15) is 4.79 Å². The lowest BCUT2D eigenvalue weighted by Crippen LogP contribution is -2.30. The largest absolute Gasteiger partial charge is 0.492 e. The van der Waals surface area contributed by atoms with Crippen molar-refractivity contribution < 1.29 is 9.53 Å². The summed E-state index contributed by atoms with van der Waals surface area (Å²) in [6.07, 6.45) is 4.85. The van der Waals surface area contributed by atoms with Gasteiger partial charge in [-0.3, -0.25) is 4.79 Å². The van der Waals surface area contributed by atoms with Crippen LogP contribution in [0, 0.1) is 0 Å². The topological polar surface area (TPSA) is 41.6 Å². The van der Waals surface area contributed by atoms with Crippen molar-refractivity contribution in [1.29, 1.82) is 0 Å². The molecule has 4 heteroatoms. The number of hydrogen-bond donors (Lipinski definition) is 1. The number of amides is 1. The average molecular weight is 352 g/mol. The molecular formula is C22H28N2O2. The van der Waals surface area contributed by atoms with Crippen LogP contribution < -0.4 is 15.0 Å². The summed E-state index contributed by atoms with van der Waals surface area (Å²) in [6, 6.07) is 16.0. The number of rotatable bonds is 7. The first-order chi connectivity index (χ1) is 12.8. The number of hydrogen-bond acceptors (Lipinski definition) is 3. The predicted molar refractivity (Wildman–Crippen MR) is 106 cm³/mol. The Balaban J connectivity index is 1.42. The molecule has 1 heterocycles. The second-order valence-electron chi connectivity index (χ2n) is 6.70. The van der Waals surface area contributed by atoms with Crippen LogP contribution in [0.5, 0.6) is 5.75 Å². The van der Waals surface area contributed by atoms with E-state index in [1.54, 1.807) is 0 Å². The standard InChI is InChI=1S/C22H28N2O2/c1-2-18-6-12-21(13-7-18)26-17-14-23-22(25)19-8-10-20(11-9-19)24-15-4-3-5-16-24/h6-13H,2-5,14-17H2,1H3,(H,23,25). The highest BCUT2D eigenvalue weighted by atomic mass is 16.5. The number of carbonyl (C=O) groups is 1. The van der Waals surface area contributed by atoms with Gasteiger partial charge in [0, 0.05) is 24.3 Å². The van der Waals surface area contributed by atoms with Crippen LogP contribution in [-0.4, -0.2) is 32.1 Å². The van der Waals surface area contributed by atoms with Crippen molar-refractivity contribution in [2.24, 2.45) is 0 Å². The van der Waals surface area contributed by atoms with E-state index < -0.39 is 0 Å². The minimum absolute atomic E-state index is 0.0554. The van der Waals surface area contributed by atoms with E-state index in [0.29, 0.717) is 18.7 Å². The van der Waals surface area contributed by atoms with Gasteiger partial charge in [0.15, 0.2) is 0 Å². The Hall–Kier alpha value is -2.49. The van der Waals surface area contributed by atoms with Gasteiger partial charge in [0.05, 0.1) is 6.54 Å². The molecule has 26 heavy (non-hydrogen) atoms. The second-order valence-corrected chi connectivity index (χ2v) is 6.70. The molecule has 0 spiro atoms. The van der Waals surface area contributed by atoms with Crippen molar-refractivity contribution in [2.75, 3.05) is 31.1 Å². The van der Waals surface area contributed by atoms with Crippen LogP contribution >= 0.6 is 0 Å². The third kappa shape index (κ3) is 5.01. The molecule has 1 aliphatic heterocycles. The molecule has 1 amide bonds. The summed E-state index contributed by atoms with van der Waals surface area (Å²) >= 11 is 0. The van der Waals surface area contributed by atoms with Crippen molar-refractivity contribution in [3.8, 4) is 5.75 Å². The minimum atomic E-state index is -0.0554. The maximum absolute atomic E-state index is 12.2. The zero-order valence-corrected chi connectivity index (χ0v) is 15.5. The molecular weight excluding hydrogens is 324 g/mol. The fourth-order valence-corrected chi connectivity index (χ4v) is 3.23. The first-order valence-corrected chi connectivity index (χ1v) is 9.61. The van der Waals surface area contributed by atoms with Gasteiger partial charge < -0.3 is 15.0 Å². The summed E-state index contributed by atoms with van der Waals surface area (Å²) in [5, 5.41) is 2.91. The smallest absolute Gasteiger partial charge is 0.251 e. The Morgan fingerprint density at radius 3 is 2.35 bits per heavy atom. The maximum Gasteiger partial charge on any atom is 0.251 e. The molecule has 0 radical (unpaired) electrons. The van der Waals surface area contributed by atoms with Gasteiger partial charge in [0.2, 0.25) is 0 Å². The predicted octanol–water partition coefficient (Wildman–Crippen LogP) is 4.05. The van der Waals surface area contributed by atoms with E-state index in [1.807, 2.05) is 36.4 Å². The first kappa shape index (κ1) is 18.3. The van der Waals surface area contributed by atoms with Gasteiger partial charge in [0.1, 0.15) is 12.4 Å². The van der Waals surface area contributed by atoms with Gasteiger partial charge >= 0.3 is 0 Å². The van der Waals surface area contributed by atoms with E-state index >= 15 is 0 Å². The van der Waals surface area contributed by atoms with E-state index in [-0.39, 0.29) is 5.91 Å². The Labute approximate surface area is 156 Å². The normalized spacial score (nSPS) is 14.1. The molecule has 0 saturated carbocycles. The Morgan fingerprint density at radius 1 is 1.00 bits per heavy atom. The lowest BCUT2D eigenvalue weighted by Gasteiger charge is -2.28. The lowest BCUT2D eigenvalue weighted by atomic mass is 10.1. The zero-order valence-electron chi connectivity index (χ0n) is 15.5. The van der Waals surface area contributed by atoms with Gasteiger partial charge in [0.25, 0.3) is 5.91 Å². The van der Waals surface area contributed by atoms with Crippen molar-refractivity contribution in [3.63, 3.8) is 0 Å². The van der Waals surface area contributed by atoms with Crippen molar-refractivity contribution in [2.45, 2.75) is 32.6 Å². The molecule has 2 aromatic carbocycles. The van der Waals surface area contributed by atoms with Crippen LogP contribution in [-0.2, 0) is 6.42 Å². The third-order valence-corrected chi connectivity index (χ3v) is 4.84. The molecule has 3 rings (SSSR count). The van der Waals surface area contributed by atoms with Gasteiger partial charge in [-0.15, -0.1) is 0 Å². The van der Waals surface area contributed by atoms with Crippen molar-refractivity contribution >= 4 is 11.6 Å². The van der Waals surface area contributed by atoms with E-state index in [1.165, 1.54) is 30.5 Å². The molecule has 4 nitrogen and oxygen atoms in total. The summed E-state index contributed by atoms with van der Waals surface area (Å²) in [5.41, 5.74) is 3.19. The number of carbonyl (C=O) groups excluding carboxylic acids is 1. The molecule has 1 aliphatic rings. The molecule has 0 bridgehead atoms. The summed E-state index contributed by atoms with van der Waals surface area (Å²) in [6.45, 7) is 5.31. The molecule has 1 fully saturated rings. The van der Waals surface area contributed by atoms with Crippen LogP contribution in [0.25, 0.3) is 0 Å². The van der Waals surface area contributed by atoms with E-state index in [0.717, 1.165) is 25.3 Å². The van der Waals surface area contributed by atoms with Gasteiger partial charge in [-0.2, -0.15) is 0 Å². The highest BCUT2D eigenvalue weighted by Gasteiger charge is 2.11. The first-order valence-electron chi connectivity index (χ1n) is 9.61. The summed E-state index contributed by atoms with van der Waals surface area (Å²) in [7, 11) is 0. The van der Waals surface area contributed by atoms with E-state index in [2.05, 4.69) is 29.3 Å². The zero-order chi connectivity index (χ0) is 18.2. The molecule has 1 N–H and O–H groups in total. The third-order valence-electron chi connectivity index (χ3n) is 4.84. The highest BCUT2D eigenvalue weighted by Crippen LogP contribution is 2.20. The van der Waals surface area contributed by atoms with Crippen molar-refractivity contribution in [1.82, 2.24) is 5.32 Å². The van der Waals surface area contributed by atoms with E-state index in [4.69, 9.17) is 4.74 Å². The SMILES string of the molecule is CCc1ccc(OCCNC(=O)c2ccc(N3CCCCC3)cc2)cc1. The fraction of sp³-hybridized carbons (Fsp3) is 0.409. The number of nitrogens with zero attached hydrogens (tertiary/aromatic N) is 1. The van der Waals surface area contributed by atoms with Crippen molar-refractivity contribution in [3.05, 3.63) is 59.7 Å². The fourth-order valence-electron chi connectivity index (χ4n) is 3.23. The van der Waals surface area contributed by atoms with Crippen LogP contribution in [0.3, 0.4) is 0 Å². The number of ether oxygens (including phenoxy) is 1. The number of nitrogens with one attached hydrogen (secondary N) is 1. The Kier molecular flexibility index (Phi) is 6.53. The van der Waals surface area contributed by atoms with Crippen LogP contribution in [0.1, 0.15) is 42.1 Å².